The lowest BCUT2D eigenvalue weighted by atomic mass is 10.3. The number of anilines is 1. The van der Waals surface area contributed by atoms with Crippen molar-refractivity contribution in [2.45, 2.75) is 4.90 Å². The third kappa shape index (κ3) is 4.28. The van der Waals surface area contributed by atoms with Crippen LogP contribution >= 0.6 is 11.8 Å². The maximum absolute atomic E-state index is 12.9. The first-order valence-electron chi connectivity index (χ1n) is 5.99. The number of benzene rings is 2. The van der Waals surface area contributed by atoms with Crippen LogP contribution in [0.1, 0.15) is 0 Å². The van der Waals surface area contributed by atoms with Crippen LogP contribution < -0.4 is 10.1 Å². The van der Waals surface area contributed by atoms with Crippen molar-refractivity contribution in [3.63, 3.8) is 0 Å². The molecule has 2 aromatic rings. The number of ether oxygens (including phenoxy) is 1. The van der Waals surface area contributed by atoms with Crippen LogP contribution in [-0.4, -0.2) is 18.8 Å². The summed E-state index contributed by atoms with van der Waals surface area (Å²) in [5, 5.41) is 2.71. The first-order chi connectivity index (χ1) is 9.67. The van der Waals surface area contributed by atoms with Crippen LogP contribution in [-0.2, 0) is 4.79 Å². The molecule has 0 saturated carbocycles. The fourth-order valence-electron chi connectivity index (χ4n) is 1.58. The van der Waals surface area contributed by atoms with Gasteiger partial charge in [-0.25, -0.2) is 4.39 Å². The smallest absolute Gasteiger partial charge is 0.262 e. The number of halogens is 1. The van der Waals surface area contributed by atoms with E-state index in [0.717, 1.165) is 4.90 Å². The molecular formula is C15H14FNO2S. The van der Waals surface area contributed by atoms with E-state index in [-0.39, 0.29) is 12.5 Å². The van der Waals surface area contributed by atoms with Gasteiger partial charge in [0, 0.05) is 16.6 Å². The molecule has 0 spiro atoms. The molecule has 20 heavy (non-hydrogen) atoms. The van der Waals surface area contributed by atoms with Crippen molar-refractivity contribution >= 4 is 23.4 Å². The highest BCUT2D eigenvalue weighted by molar-refractivity contribution is 7.98. The fourth-order valence-corrected chi connectivity index (χ4v) is 1.99. The largest absolute Gasteiger partial charge is 0.484 e. The minimum atomic E-state index is -0.393. The average Bonchev–Trinajstić information content (AvgIpc) is 2.46. The number of thioether (sulfide) groups is 1. The van der Waals surface area contributed by atoms with Gasteiger partial charge in [0.1, 0.15) is 11.6 Å². The second kappa shape index (κ2) is 6.96. The lowest BCUT2D eigenvalue weighted by Gasteiger charge is -2.08. The molecule has 1 amide bonds. The summed E-state index contributed by atoms with van der Waals surface area (Å²) in [4.78, 5) is 12.8. The zero-order chi connectivity index (χ0) is 14.4. The molecular weight excluding hydrogens is 277 g/mol. The van der Waals surface area contributed by atoms with E-state index in [2.05, 4.69) is 5.32 Å². The Kier molecular flexibility index (Phi) is 5.01. The number of nitrogens with one attached hydrogen (secondary N) is 1. The lowest BCUT2D eigenvalue weighted by molar-refractivity contribution is -0.118. The van der Waals surface area contributed by atoms with E-state index in [9.17, 15) is 9.18 Å². The lowest BCUT2D eigenvalue weighted by Crippen LogP contribution is -2.20. The Labute approximate surface area is 121 Å². The molecule has 0 aliphatic heterocycles. The molecule has 0 saturated heterocycles. The SMILES string of the molecule is CSc1ccc(NC(=O)COc2cccc(F)c2)cc1. The molecule has 3 nitrogen and oxygen atoms in total. The van der Waals surface area contributed by atoms with E-state index in [0.29, 0.717) is 11.4 Å². The van der Waals surface area contributed by atoms with E-state index in [1.54, 1.807) is 17.8 Å². The zero-order valence-corrected chi connectivity index (χ0v) is 11.7. The Morgan fingerprint density at radius 2 is 2.00 bits per heavy atom. The second-order valence-electron chi connectivity index (χ2n) is 4.02. The van der Waals surface area contributed by atoms with Crippen molar-refractivity contribution < 1.29 is 13.9 Å². The highest BCUT2D eigenvalue weighted by atomic mass is 32.2. The Hall–Kier alpha value is -2.01. The minimum absolute atomic E-state index is 0.159. The number of hydrogen-bond acceptors (Lipinski definition) is 3. The molecule has 2 rings (SSSR count). The first-order valence-corrected chi connectivity index (χ1v) is 7.22. The molecule has 0 aliphatic carbocycles. The van der Waals surface area contributed by atoms with Gasteiger partial charge < -0.3 is 10.1 Å². The predicted octanol–water partition coefficient (Wildman–Crippen LogP) is 3.57. The number of hydrogen-bond donors (Lipinski definition) is 1. The summed E-state index contributed by atoms with van der Waals surface area (Å²) in [5.74, 6) is -0.348. The van der Waals surface area contributed by atoms with Gasteiger partial charge in [0.05, 0.1) is 0 Å². The molecule has 0 heterocycles. The summed E-state index contributed by atoms with van der Waals surface area (Å²) in [7, 11) is 0. The van der Waals surface area contributed by atoms with Crippen molar-refractivity contribution in [3.8, 4) is 5.75 Å². The molecule has 5 heteroatoms. The molecule has 0 aromatic heterocycles. The number of amides is 1. The monoisotopic (exact) mass is 291 g/mol. The summed E-state index contributed by atoms with van der Waals surface area (Å²) < 4.78 is 18.1. The zero-order valence-electron chi connectivity index (χ0n) is 10.9. The van der Waals surface area contributed by atoms with E-state index in [1.807, 2.05) is 30.5 Å². The second-order valence-corrected chi connectivity index (χ2v) is 4.90. The molecule has 0 bridgehead atoms. The minimum Gasteiger partial charge on any atom is -0.484 e. The van der Waals surface area contributed by atoms with Crippen LogP contribution in [0.15, 0.2) is 53.4 Å². The number of carbonyl (C=O) groups excluding carboxylic acids is 1. The van der Waals surface area contributed by atoms with Gasteiger partial charge in [0.25, 0.3) is 5.91 Å². The maximum atomic E-state index is 12.9. The van der Waals surface area contributed by atoms with Gasteiger partial charge in [-0.3, -0.25) is 4.79 Å². The van der Waals surface area contributed by atoms with Crippen molar-refractivity contribution in [2.75, 3.05) is 18.2 Å². The van der Waals surface area contributed by atoms with Crippen molar-refractivity contribution in [1.29, 1.82) is 0 Å². The topological polar surface area (TPSA) is 38.3 Å². The van der Waals surface area contributed by atoms with Gasteiger partial charge >= 0.3 is 0 Å². The molecule has 0 aliphatic rings. The van der Waals surface area contributed by atoms with Crippen molar-refractivity contribution in [3.05, 3.63) is 54.3 Å². The fraction of sp³-hybridized carbons (Fsp3) is 0.133. The van der Waals surface area contributed by atoms with Crippen LogP contribution in [0.4, 0.5) is 10.1 Å². The third-order valence-electron chi connectivity index (χ3n) is 2.54. The summed E-state index contributed by atoms with van der Waals surface area (Å²) in [5.41, 5.74) is 0.704. The molecule has 0 unspecified atom stereocenters. The highest BCUT2D eigenvalue weighted by Crippen LogP contribution is 2.17. The molecule has 2 aromatic carbocycles. The van der Waals surface area contributed by atoms with Crippen LogP contribution in [0.2, 0.25) is 0 Å². The van der Waals surface area contributed by atoms with Crippen LogP contribution in [0, 0.1) is 5.82 Å². The Morgan fingerprint density at radius 3 is 2.65 bits per heavy atom. The van der Waals surface area contributed by atoms with E-state index in [4.69, 9.17) is 4.74 Å². The van der Waals surface area contributed by atoms with E-state index < -0.39 is 5.82 Å². The van der Waals surface area contributed by atoms with Gasteiger partial charge in [0.15, 0.2) is 6.61 Å². The van der Waals surface area contributed by atoms with Gasteiger partial charge in [0.2, 0.25) is 0 Å². The molecule has 104 valence electrons. The summed E-state index contributed by atoms with van der Waals surface area (Å²) >= 11 is 1.63. The van der Waals surface area contributed by atoms with Crippen LogP contribution in [0.5, 0.6) is 5.75 Å². The number of rotatable bonds is 5. The molecule has 0 radical (unpaired) electrons. The highest BCUT2D eigenvalue weighted by Gasteiger charge is 2.04. The number of carbonyl (C=O) groups is 1. The van der Waals surface area contributed by atoms with Crippen molar-refractivity contribution in [1.82, 2.24) is 0 Å². The van der Waals surface area contributed by atoms with Crippen LogP contribution in [0.3, 0.4) is 0 Å². The summed E-state index contributed by atoms with van der Waals surface area (Å²) in [6.07, 6.45) is 1.99. The van der Waals surface area contributed by atoms with E-state index in [1.165, 1.54) is 18.2 Å². The van der Waals surface area contributed by atoms with Gasteiger partial charge in [-0.15, -0.1) is 11.8 Å². The standard InChI is InChI=1S/C15H14FNO2S/c1-20-14-7-5-12(6-8-14)17-15(18)10-19-13-4-2-3-11(16)9-13/h2-9H,10H2,1H3,(H,17,18). The Morgan fingerprint density at radius 1 is 1.25 bits per heavy atom. The molecule has 0 atom stereocenters. The van der Waals surface area contributed by atoms with Gasteiger partial charge in [-0.2, -0.15) is 0 Å². The summed E-state index contributed by atoms with van der Waals surface area (Å²) in [6, 6.07) is 13.2. The average molecular weight is 291 g/mol. The first kappa shape index (κ1) is 14.4. The Bertz CT molecular complexity index is 587. The normalized spacial score (nSPS) is 10.1. The summed E-state index contributed by atoms with van der Waals surface area (Å²) in [6.45, 7) is -0.159. The molecule has 1 N–H and O–H groups in total. The molecule has 0 fully saturated rings. The van der Waals surface area contributed by atoms with Gasteiger partial charge in [-0.05, 0) is 42.7 Å². The van der Waals surface area contributed by atoms with Crippen molar-refractivity contribution in [2.24, 2.45) is 0 Å². The quantitative estimate of drug-likeness (QED) is 0.856. The third-order valence-corrected chi connectivity index (χ3v) is 3.28. The Balaban J connectivity index is 1.85. The van der Waals surface area contributed by atoms with Gasteiger partial charge in [-0.1, -0.05) is 6.07 Å². The van der Waals surface area contributed by atoms with Crippen LogP contribution in [0.25, 0.3) is 0 Å². The maximum Gasteiger partial charge on any atom is 0.262 e. The van der Waals surface area contributed by atoms with E-state index >= 15 is 0 Å². The predicted molar refractivity (Wildman–Crippen MR) is 78.7 cm³/mol.